The highest BCUT2D eigenvalue weighted by Crippen LogP contribution is 2.23. The van der Waals surface area contributed by atoms with Crippen molar-refractivity contribution < 1.29 is 14.3 Å². The van der Waals surface area contributed by atoms with Crippen molar-refractivity contribution in [1.29, 1.82) is 0 Å². The number of hydrogen-bond donors (Lipinski definition) is 3. The predicted molar refractivity (Wildman–Crippen MR) is 193 cm³/mol. The second-order valence-corrected chi connectivity index (χ2v) is 12.5. The molecule has 5 heterocycles. The number of halogens is 1. The molecule has 1 atom stereocenters. The number of nitrogens with zero attached hydrogens (tertiary/aromatic N) is 7. The van der Waals surface area contributed by atoms with Gasteiger partial charge in [-0.2, -0.15) is 9.78 Å². The van der Waals surface area contributed by atoms with E-state index < -0.39 is 11.7 Å². The summed E-state index contributed by atoms with van der Waals surface area (Å²) in [5.41, 5.74) is 9.67. The van der Waals surface area contributed by atoms with Crippen LogP contribution in [0.25, 0.3) is 16.5 Å². The molecule has 1 saturated heterocycles. The smallest absolute Gasteiger partial charge is 0.435 e. The molecular formula is C35H39ClN10O3. The fraction of sp³-hybridized carbons (Fsp3) is 0.286. The Morgan fingerprint density at radius 1 is 1.00 bits per heavy atom. The van der Waals surface area contributed by atoms with E-state index in [-0.39, 0.29) is 5.28 Å². The minimum absolute atomic E-state index is 0.166. The van der Waals surface area contributed by atoms with E-state index >= 15 is 0 Å². The largest absolute Gasteiger partial charge is 0.442 e. The molecule has 1 fully saturated rings. The quantitative estimate of drug-likeness (QED) is 0.168. The Labute approximate surface area is 289 Å². The van der Waals surface area contributed by atoms with Gasteiger partial charge in [0.1, 0.15) is 23.1 Å². The minimum atomic E-state index is -0.580. The third kappa shape index (κ3) is 10.6. The van der Waals surface area contributed by atoms with Gasteiger partial charge in [0.2, 0.25) is 5.28 Å². The summed E-state index contributed by atoms with van der Waals surface area (Å²) in [6, 6.07) is 17.6. The number of aliphatic imine (C=N–C) groups is 1. The average molecular weight is 683 g/mol. The molecule has 0 bridgehead atoms. The molecule has 3 aromatic heterocycles. The highest BCUT2D eigenvalue weighted by atomic mass is 35.5. The molecule has 1 unspecified atom stereocenters. The van der Waals surface area contributed by atoms with Gasteiger partial charge in [-0.25, -0.2) is 24.7 Å². The molecule has 2 aliphatic rings. The summed E-state index contributed by atoms with van der Waals surface area (Å²) in [6.07, 6.45) is 9.49. The number of allylic oxidation sites excluding steroid dienone is 1. The van der Waals surface area contributed by atoms with Gasteiger partial charge < -0.3 is 25.8 Å². The van der Waals surface area contributed by atoms with Gasteiger partial charge in [-0.05, 0) is 99.3 Å². The molecule has 4 N–H and O–H groups in total. The highest BCUT2D eigenvalue weighted by molar-refractivity contribution is 6.28. The number of aromatic nitrogens is 6. The number of hydrogen-bond acceptors (Lipinski definition) is 12. The maximum atomic E-state index is 12.2. The lowest BCUT2D eigenvalue weighted by Crippen LogP contribution is -2.27. The first kappa shape index (κ1) is 35.1. The molecule has 2 aromatic carbocycles. The number of nitrogens with one attached hydrogen (secondary N) is 2. The third-order valence-corrected chi connectivity index (χ3v) is 7.09. The summed E-state index contributed by atoms with van der Waals surface area (Å²) >= 11 is 5.77. The number of aryl methyl sites for hydroxylation is 1. The molecule has 5 aromatic rings. The maximum absolute atomic E-state index is 12.2. The lowest BCUT2D eigenvalue weighted by Gasteiger charge is -2.19. The van der Waals surface area contributed by atoms with E-state index in [4.69, 9.17) is 26.8 Å². The van der Waals surface area contributed by atoms with Crippen LogP contribution in [0.1, 0.15) is 38.6 Å². The van der Waals surface area contributed by atoms with Crippen LogP contribution in [0.4, 0.5) is 27.8 Å². The van der Waals surface area contributed by atoms with Crippen LogP contribution in [0.5, 0.6) is 0 Å². The van der Waals surface area contributed by atoms with Gasteiger partial charge in [0.05, 0.1) is 24.9 Å². The van der Waals surface area contributed by atoms with Crippen LogP contribution in [-0.4, -0.2) is 73.4 Å². The lowest BCUT2D eigenvalue weighted by atomic mass is 10.1. The molecule has 0 saturated carbocycles. The Hall–Kier alpha value is -5.24. The van der Waals surface area contributed by atoms with E-state index in [9.17, 15) is 4.79 Å². The maximum Gasteiger partial charge on any atom is 0.435 e. The van der Waals surface area contributed by atoms with Crippen LogP contribution in [0, 0.1) is 6.92 Å². The number of carbonyl (C=O) groups is 1. The predicted octanol–water partition coefficient (Wildman–Crippen LogP) is 6.74. The summed E-state index contributed by atoms with van der Waals surface area (Å²) in [6.45, 7) is 9.72. The monoisotopic (exact) mass is 682 g/mol. The molecule has 254 valence electrons. The van der Waals surface area contributed by atoms with Crippen molar-refractivity contribution >= 4 is 63.4 Å². The van der Waals surface area contributed by atoms with Crippen molar-refractivity contribution in [1.82, 2.24) is 29.7 Å². The zero-order valence-electron chi connectivity index (χ0n) is 27.8. The van der Waals surface area contributed by atoms with Crippen LogP contribution >= 0.6 is 11.6 Å². The molecule has 49 heavy (non-hydrogen) atoms. The molecule has 7 rings (SSSR count). The van der Waals surface area contributed by atoms with Crippen molar-refractivity contribution in [3.05, 3.63) is 95.9 Å². The standard InChI is InChI=1S/C16H16ClN5O2.C15H14N4.C4H9NO/c1-16(2,3)24-15(23)22-12-5-4-11(8-10(12)9-19-22)20-13-6-7-18-14(17)21-13;1-11-17-9-7-15(18-11)19-14-4-2-12(3-5-14)13-6-8-16-10-13;5-4-1-2-6-3-4/h4-9H,1-3H3,(H,18,20,21);2-7,9-10H,8H2,1H3,(H,17,18,19);4H,1-3,5H2. The Kier molecular flexibility index (Phi) is 11.6. The zero-order valence-corrected chi connectivity index (χ0v) is 28.6. The highest BCUT2D eigenvalue weighted by Gasteiger charge is 2.20. The first-order chi connectivity index (χ1) is 23.5. The van der Waals surface area contributed by atoms with Crippen LogP contribution < -0.4 is 16.4 Å². The van der Waals surface area contributed by atoms with Crippen molar-refractivity contribution in [2.75, 3.05) is 30.4 Å². The molecule has 2 aliphatic heterocycles. The Morgan fingerprint density at radius 3 is 2.33 bits per heavy atom. The molecule has 0 spiro atoms. The third-order valence-electron chi connectivity index (χ3n) is 6.91. The van der Waals surface area contributed by atoms with Crippen LogP contribution in [-0.2, 0) is 9.47 Å². The number of fused-ring (bicyclic) bond motifs is 1. The number of nitrogens with two attached hydrogens (primary N) is 1. The number of benzene rings is 2. The zero-order chi connectivity index (χ0) is 34.8. The van der Waals surface area contributed by atoms with E-state index in [0.717, 1.165) is 54.6 Å². The Bertz CT molecular complexity index is 1930. The molecular weight excluding hydrogens is 644 g/mol. The SMILES string of the molecule is CC(C)(C)OC(=O)n1ncc2cc(Nc3ccnc(Cl)n3)ccc21.Cc1nccc(Nc2ccc(C3=CCN=C3)cc2)n1.NC1CCOC1. The summed E-state index contributed by atoms with van der Waals surface area (Å²) in [5, 5.41) is 11.5. The van der Waals surface area contributed by atoms with Crippen molar-refractivity contribution in [2.24, 2.45) is 10.7 Å². The second kappa shape index (κ2) is 16.2. The first-order valence-corrected chi connectivity index (χ1v) is 16.1. The van der Waals surface area contributed by atoms with Gasteiger partial charge in [0.15, 0.2) is 0 Å². The lowest BCUT2D eigenvalue weighted by molar-refractivity contribution is 0.0522. The number of carbonyl (C=O) groups excluding carboxylic acids is 1. The van der Waals surface area contributed by atoms with E-state index in [1.807, 2.05) is 64.2 Å². The van der Waals surface area contributed by atoms with Gasteiger partial charge >= 0.3 is 6.09 Å². The van der Waals surface area contributed by atoms with Crippen LogP contribution in [0.3, 0.4) is 0 Å². The molecule has 0 aliphatic carbocycles. The van der Waals surface area contributed by atoms with Gasteiger partial charge in [-0.1, -0.05) is 18.2 Å². The van der Waals surface area contributed by atoms with Gasteiger partial charge in [-0.15, -0.1) is 0 Å². The van der Waals surface area contributed by atoms with Gasteiger partial charge in [0, 0.05) is 48.0 Å². The molecule has 13 nitrogen and oxygen atoms in total. The summed E-state index contributed by atoms with van der Waals surface area (Å²) < 4.78 is 11.5. The normalized spacial score (nSPS) is 15.1. The fourth-order valence-corrected chi connectivity index (χ4v) is 4.78. The summed E-state index contributed by atoms with van der Waals surface area (Å²) in [7, 11) is 0. The van der Waals surface area contributed by atoms with Crippen molar-refractivity contribution in [3.63, 3.8) is 0 Å². The summed E-state index contributed by atoms with van der Waals surface area (Å²) in [5.74, 6) is 2.14. The van der Waals surface area contributed by atoms with E-state index in [2.05, 4.69) is 58.9 Å². The Balaban J connectivity index is 0.000000166. The summed E-state index contributed by atoms with van der Waals surface area (Å²) in [4.78, 5) is 32.7. The molecule has 0 radical (unpaired) electrons. The Morgan fingerprint density at radius 2 is 1.71 bits per heavy atom. The van der Waals surface area contributed by atoms with Crippen molar-refractivity contribution in [2.45, 2.75) is 45.8 Å². The van der Waals surface area contributed by atoms with Crippen molar-refractivity contribution in [3.8, 4) is 0 Å². The number of ether oxygens (including phenoxy) is 2. The topological polar surface area (TPSA) is 167 Å². The van der Waals surface area contributed by atoms with Gasteiger partial charge in [-0.3, -0.25) is 4.99 Å². The minimum Gasteiger partial charge on any atom is -0.442 e. The first-order valence-electron chi connectivity index (χ1n) is 15.7. The van der Waals surface area contributed by atoms with Crippen LogP contribution in [0.2, 0.25) is 5.28 Å². The number of rotatable bonds is 5. The van der Waals surface area contributed by atoms with Crippen LogP contribution in [0.15, 0.2) is 84.3 Å². The molecule has 0 amide bonds. The van der Waals surface area contributed by atoms with E-state index in [0.29, 0.717) is 17.4 Å². The van der Waals surface area contributed by atoms with E-state index in [1.54, 1.807) is 30.7 Å². The second-order valence-electron chi connectivity index (χ2n) is 12.1. The fourth-order valence-electron chi connectivity index (χ4n) is 4.63. The van der Waals surface area contributed by atoms with E-state index in [1.165, 1.54) is 15.8 Å². The van der Waals surface area contributed by atoms with Gasteiger partial charge in [0.25, 0.3) is 0 Å². The number of anilines is 4. The molecule has 14 heteroatoms. The average Bonchev–Trinajstić information content (AvgIpc) is 3.84.